The normalized spacial score (nSPS) is 16.5. The van der Waals surface area contributed by atoms with Gasteiger partial charge < -0.3 is 14.4 Å². The van der Waals surface area contributed by atoms with Gasteiger partial charge in [0.25, 0.3) is 0 Å². The molecular weight excluding hydrogens is 352 g/mol. The Hall–Kier alpha value is -2.78. The highest BCUT2D eigenvalue weighted by Gasteiger charge is 2.24. The van der Waals surface area contributed by atoms with Crippen molar-refractivity contribution >= 4 is 5.82 Å². The highest BCUT2D eigenvalue weighted by Crippen LogP contribution is 2.29. The Morgan fingerprint density at radius 1 is 1.07 bits per heavy atom. The van der Waals surface area contributed by atoms with E-state index in [4.69, 9.17) is 14.5 Å². The van der Waals surface area contributed by atoms with Gasteiger partial charge in [-0.05, 0) is 49.1 Å². The molecular formula is C22H26N4O2. The van der Waals surface area contributed by atoms with E-state index in [0.717, 1.165) is 74.9 Å². The molecule has 6 nitrogen and oxygen atoms in total. The number of aromatic nitrogens is 1. The predicted octanol–water partition coefficient (Wildman–Crippen LogP) is 2.78. The van der Waals surface area contributed by atoms with Crippen molar-refractivity contribution in [2.75, 3.05) is 45.3 Å². The third-order valence-corrected chi connectivity index (χ3v) is 5.70. The van der Waals surface area contributed by atoms with E-state index in [-0.39, 0.29) is 0 Å². The zero-order valence-corrected chi connectivity index (χ0v) is 16.6. The van der Waals surface area contributed by atoms with Gasteiger partial charge in [-0.25, -0.2) is 4.98 Å². The molecule has 0 radical (unpaired) electrons. The van der Waals surface area contributed by atoms with E-state index < -0.39 is 0 Å². The maximum absolute atomic E-state index is 9.58. The second-order valence-corrected chi connectivity index (χ2v) is 7.37. The van der Waals surface area contributed by atoms with Crippen LogP contribution in [0.5, 0.6) is 11.5 Å². The molecule has 1 aliphatic heterocycles. The molecule has 28 heavy (non-hydrogen) atoms. The van der Waals surface area contributed by atoms with Crippen molar-refractivity contribution in [3.05, 3.63) is 46.6 Å². The number of aryl methyl sites for hydroxylation is 2. The quantitative estimate of drug-likeness (QED) is 0.797. The molecule has 2 aromatic rings. The minimum Gasteiger partial charge on any atom is -0.497 e. The van der Waals surface area contributed by atoms with Crippen molar-refractivity contribution in [3.63, 3.8) is 0 Å². The molecule has 2 aliphatic rings. The summed E-state index contributed by atoms with van der Waals surface area (Å²) in [6.45, 7) is 4.39. The van der Waals surface area contributed by atoms with E-state index in [9.17, 15) is 5.26 Å². The van der Waals surface area contributed by atoms with Crippen LogP contribution in [-0.2, 0) is 19.4 Å². The molecule has 0 atom stereocenters. The summed E-state index contributed by atoms with van der Waals surface area (Å²) in [6, 6.07) is 10.3. The summed E-state index contributed by atoms with van der Waals surface area (Å²) in [6.07, 6.45) is 3.23. The summed E-state index contributed by atoms with van der Waals surface area (Å²) in [5.74, 6) is 2.59. The van der Waals surface area contributed by atoms with E-state index >= 15 is 0 Å². The number of hydrogen-bond acceptors (Lipinski definition) is 6. The van der Waals surface area contributed by atoms with Crippen molar-refractivity contribution in [2.45, 2.75) is 25.8 Å². The summed E-state index contributed by atoms with van der Waals surface area (Å²) < 4.78 is 10.9. The Labute approximate surface area is 166 Å². The zero-order chi connectivity index (χ0) is 19.5. The molecule has 2 heterocycles. The first-order chi connectivity index (χ1) is 13.7. The Morgan fingerprint density at radius 3 is 2.61 bits per heavy atom. The van der Waals surface area contributed by atoms with Gasteiger partial charge in [0.2, 0.25) is 0 Å². The number of nitrogens with zero attached hydrogens (tertiary/aromatic N) is 4. The number of methoxy groups -OCH3 is 2. The molecule has 0 N–H and O–H groups in total. The highest BCUT2D eigenvalue weighted by atomic mass is 16.5. The van der Waals surface area contributed by atoms with Crippen molar-refractivity contribution < 1.29 is 9.47 Å². The van der Waals surface area contributed by atoms with Gasteiger partial charge >= 0.3 is 0 Å². The van der Waals surface area contributed by atoms with Crippen LogP contribution in [0.4, 0.5) is 5.82 Å². The monoisotopic (exact) mass is 378 g/mol. The topological polar surface area (TPSA) is 61.6 Å². The molecule has 1 aliphatic carbocycles. The van der Waals surface area contributed by atoms with Crippen LogP contribution in [0.3, 0.4) is 0 Å². The molecule has 6 heteroatoms. The summed E-state index contributed by atoms with van der Waals surface area (Å²) >= 11 is 0. The minimum atomic E-state index is 0.712. The van der Waals surface area contributed by atoms with Crippen molar-refractivity contribution in [2.24, 2.45) is 0 Å². The van der Waals surface area contributed by atoms with Crippen LogP contribution in [-0.4, -0.2) is 50.3 Å². The summed E-state index contributed by atoms with van der Waals surface area (Å²) in [4.78, 5) is 9.53. The second-order valence-electron chi connectivity index (χ2n) is 7.37. The molecule has 0 unspecified atom stereocenters. The standard InChI is InChI=1S/C22H26N4O2/c1-27-19-6-7-21(28-2)18(13-19)15-25-8-10-26(11-9-25)22-17(14-23)12-16-4-3-5-20(16)24-22/h6-7,12-13H,3-5,8-11,15H2,1-2H3. The molecule has 1 aromatic heterocycles. The molecule has 1 saturated heterocycles. The Kier molecular flexibility index (Phi) is 5.36. The summed E-state index contributed by atoms with van der Waals surface area (Å²) in [7, 11) is 3.38. The van der Waals surface area contributed by atoms with E-state index in [1.165, 1.54) is 11.3 Å². The number of nitriles is 1. The Bertz CT molecular complexity index is 898. The van der Waals surface area contributed by atoms with E-state index in [1.54, 1.807) is 14.2 Å². The SMILES string of the molecule is COc1ccc(OC)c(CN2CCN(c3nc4c(cc3C#N)CCC4)CC2)c1. The highest BCUT2D eigenvalue weighted by molar-refractivity contribution is 5.57. The molecule has 0 spiro atoms. The maximum atomic E-state index is 9.58. The number of pyridine rings is 1. The van der Waals surface area contributed by atoms with Crippen LogP contribution in [0, 0.1) is 11.3 Å². The van der Waals surface area contributed by atoms with Crippen molar-refractivity contribution in [1.29, 1.82) is 5.26 Å². The molecule has 1 aromatic carbocycles. The van der Waals surface area contributed by atoms with Crippen LogP contribution in [0.25, 0.3) is 0 Å². The van der Waals surface area contributed by atoms with E-state index in [2.05, 4.69) is 21.9 Å². The van der Waals surface area contributed by atoms with Gasteiger partial charge in [0.05, 0.1) is 19.8 Å². The fourth-order valence-electron chi connectivity index (χ4n) is 4.15. The molecule has 0 bridgehead atoms. The maximum Gasteiger partial charge on any atom is 0.146 e. The van der Waals surface area contributed by atoms with Gasteiger partial charge in [0, 0.05) is 44.0 Å². The third kappa shape index (κ3) is 3.63. The van der Waals surface area contributed by atoms with Crippen LogP contribution < -0.4 is 14.4 Å². The lowest BCUT2D eigenvalue weighted by Gasteiger charge is -2.36. The van der Waals surface area contributed by atoms with Gasteiger partial charge in [-0.15, -0.1) is 0 Å². The molecule has 146 valence electrons. The first-order valence-corrected chi connectivity index (χ1v) is 9.83. The van der Waals surface area contributed by atoms with Gasteiger partial charge in [0.1, 0.15) is 23.4 Å². The largest absolute Gasteiger partial charge is 0.497 e. The average molecular weight is 378 g/mol. The van der Waals surface area contributed by atoms with Crippen molar-refractivity contribution in [3.8, 4) is 17.6 Å². The summed E-state index contributed by atoms with van der Waals surface area (Å²) in [5.41, 5.74) is 4.27. The average Bonchev–Trinajstić information content (AvgIpc) is 3.20. The lowest BCUT2D eigenvalue weighted by molar-refractivity contribution is 0.245. The minimum absolute atomic E-state index is 0.712. The number of piperazine rings is 1. The fourth-order valence-corrected chi connectivity index (χ4v) is 4.15. The smallest absolute Gasteiger partial charge is 0.146 e. The number of hydrogen-bond donors (Lipinski definition) is 0. The Balaban J connectivity index is 1.45. The van der Waals surface area contributed by atoms with E-state index in [0.29, 0.717) is 5.56 Å². The lowest BCUT2D eigenvalue weighted by atomic mass is 10.1. The van der Waals surface area contributed by atoms with Crippen LogP contribution in [0.2, 0.25) is 0 Å². The molecule has 0 amide bonds. The lowest BCUT2D eigenvalue weighted by Crippen LogP contribution is -2.46. The van der Waals surface area contributed by atoms with Crippen LogP contribution in [0.15, 0.2) is 24.3 Å². The first kappa shape index (κ1) is 18.6. The van der Waals surface area contributed by atoms with Gasteiger partial charge in [-0.3, -0.25) is 4.90 Å². The van der Waals surface area contributed by atoms with Crippen LogP contribution >= 0.6 is 0 Å². The molecule has 1 fully saturated rings. The van der Waals surface area contributed by atoms with Gasteiger partial charge in [-0.1, -0.05) is 0 Å². The number of rotatable bonds is 5. The number of benzene rings is 1. The molecule has 4 rings (SSSR count). The zero-order valence-electron chi connectivity index (χ0n) is 16.6. The summed E-state index contributed by atoms with van der Waals surface area (Å²) in [5, 5.41) is 9.58. The van der Waals surface area contributed by atoms with Gasteiger partial charge in [-0.2, -0.15) is 5.26 Å². The van der Waals surface area contributed by atoms with Crippen LogP contribution in [0.1, 0.15) is 28.8 Å². The van der Waals surface area contributed by atoms with Gasteiger partial charge in [0.15, 0.2) is 0 Å². The Morgan fingerprint density at radius 2 is 1.89 bits per heavy atom. The fraction of sp³-hybridized carbons (Fsp3) is 0.455. The second kappa shape index (κ2) is 8.07. The molecule has 0 saturated carbocycles. The van der Waals surface area contributed by atoms with Crippen molar-refractivity contribution in [1.82, 2.24) is 9.88 Å². The predicted molar refractivity (Wildman–Crippen MR) is 108 cm³/mol. The van der Waals surface area contributed by atoms with E-state index in [1.807, 2.05) is 18.2 Å². The number of ether oxygens (including phenoxy) is 2. The third-order valence-electron chi connectivity index (χ3n) is 5.70. The first-order valence-electron chi connectivity index (χ1n) is 9.83. The number of fused-ring (bicyclic) bond motifs is 1. The number of anilines is 1.